The Labute approximate surface area is 134 Å². The third-order valence-corrected chi connectivity index (χ3v) is 4.59. The summed E-state index contributed by atoms with van der Waals surface area (Å²) in [6.07, 6.45) is 1.75. The van der Waals surface area contributed by atoms with Crippen LogP contribution in [0.2, 0.25) is 0 Å². The Hall–Kier alpha value is -1.79. The molecule has 3 N–H and O–H groups in total. The molecular formula is C16H21N3O2S. The molecule has 0 spiro atoms. The summed E-state index contributed by atoms with van der Waals surface area (Å²) in [5, 5.41) is 13.6. The van der Waals surface area contributed by atoms with Crippen molar-refractivity contribution in [2.75, 3.05) is 6.54 Å². The number of nitrogens with two attached hydrogens (primary N) is 1. The van der Waals surface area contributed by atoms with Crippen LogP contribution in [-0.2, 0) is 19.4 Å². The molecule has 0 saturated heterocycles. The van der Waals surface area contributed by atoms with Crippen LogP contribution in [0.5, 0.6) is 0 Å². The summed E-state index contributed by atoms with van der Waals surface area (Å²) in [5.41, 5.74) is 8.22. The molecule has 2 aromatic rings. The predicted octanol–water partition coefficient (Wildman–Crippen LogP) is 2.82. The standard InChI is InChI=1S/C16H21N3O2S/c1-3-13-15(14(4-2)19(18-13)10-9-17)22-12-7-5-11(6-8-12)16(20)21/h5-8H,3-4,9-10,17H2,1-2H3,(H,20,21). The van der Waals surface area contributed by atoms with E-state index in [-0.39, 0.29) is 0 Å². The zero-order valence-electron chi connectivity index (χ0n) is 12.9. The lowest BCUT2D eigenvalue weighted by Gasteiger charge is -2.07. The maximum atomic E-state index is 10.9. The lowest BCUT2D eigenvalue weighted by molar-refractivity contribution is 0.0697. The van der Waals surface area contributed by atoms with Gasteiger partial charge in [-0.3, -0.25) is 4.68 Å². The van der Waals surface area contributed by atoms with E-state index in [2.05, 4.69) is 18.9 Å². The fourth-order valence-electron chi connectivity index (χ4n) is 2.32. The van der Waals surface area contributed by atoms with Gasteiger partial charge >= 0.3 is 5.97 Å². The van der Waals surface area contributed by atoms with Crippen molar-refractivity contribution in [3.05, 3.63) is 41.2 Å². The average molecular weight is 319 g/mol. The lowest BCUT2D eigenvalue weighted by atomic mass is 10.2. The van der Waals surface area contributed by atoms with Crippen LogP contribution >= 0.6 is 11.8 Å². The topological polar surface area (TPSA) is 81.1 Å². The molecule has 1 heterocycles. The van der Waals surface area contributed by atoms with Crippen LogP contribution in [-0.4, -0.2) is 27.4 Å². The Morgan fingerprint density at radius 2 is 1.95 bits per heavy atom. The van der Waals surface area contributed by atoms with E-state index >= 15 is 0 Å². The van der Waals surface area contributed by atoms with Gasteiger partial charge in [0, 0.05) is 11.4 Å². The van der Waals surface area contributed by atoms with Gasteiger partial charge in [0.2, 0.25) is 0 Å². The number of hydrogen-bond donors (Lipinski definition) is 2. The maximum Gasteiger partial charge on any atom is 0.335 e. The summed E-state index contributed by atoms with van der Waals surface area (Å²) in [6.45, 7) is 5.48. The van der Waals surface area contributed by atoms with Gasteiger partial charge in [0.25, 0.3) is 0 Å². The van der Waals surface area contributed by atoms with Gasteiger partial charge in [-0.25, -0.2) is 4.79 Å². The van der Waals surface area contributed by atoms with Gasteiger partial charge in [-0.2, -0.15) is 5.10 Å². The van der Waals surface area contributed by atoms with Crippen LogP contribution in [0, 0.1) is 0 Å². The molecule has 0 aliphatic carbocycles. The molecule has 0 aliphatic heterocycles. The number of aryl methyl sites for hydroxylation is 1. The van der Waals surface area contributed by atoms with Crippen molar-refractivity contribution in [2.24, 2.45) is 5.73 Å². The SMILES string of the molecule is CCc1nn(CCN)c(CC)c1Sc1ccc(C(=O)O)cc1. The average Bonchev–Trinajstić information content (AvgIpc) is 2.85. The minimum atomic E-state index is -0.907. The fraction of sp³-hybridized carbons (Fsp3) is 0.375. The van der Waals surface area contributed by atoms with Gasteiger partial charge in [0.1, 0.15) is 0 Å². The number of carboxylic acids is 1. The van der Waals surface area contributed by atoms with Crippen LogP contribution in [0.15, 0.2) is 34.1 Å². The van der Waals surface area contributed by atoms with E-state index < -0.39 is 5.97 Å². The van der Waals surface area contributed by atoms with Crippen molar-refractivity contribution in [3.63, 3.8) is 0 Å². The largest absolute Gasteiger partial charge is 0.478 e. The summed E-state index contributed by atoms with van der Waals surface area (Å²) in [7, 11) is 0. The van der Waals surface area contributed by atoms with Gasteiger partial charge in [-0.15, -0.1) is 0 Å². The van der Waals surface area contributed by atoms with Crippen LogP contribution in [0.3, 0.4) is 0 Å². The van der Waals surface area contributed by atoms with Crippen molar-refractivity contribution in [2.45, 2.75) is 43.0 Å². The Morgan fingerprint density at radius 1 is 1.27 bits per heavy atom. The summed E-state index contributed by atoms with van der Waals surface area (Å²) in [5.74, 6) is -0.907. The second-order valence-corrected chi connectivity index (χ2v) is 5.96. The Bertz CT molecular complexity index is 650. The second-order valence-electron chi connectivity index (χ2n) is 4.87. The Balaban J connectivity index is 2.33. The third-order valence-electron chi connectivity index (χ3n) is 3.41. The van der Waals surface area contributed by atoms with Crippen LogP contribution in [0.25, 0.3) is 0 Å². The summed E-state index contributed by atoms with van der Waals surface area (Å²) < 4.78 is 1.99. The van der Waals surface area contributed by atoms with E-state index in [1.165, 1.54) is 10.6 Å². The smallest absolute Gasteiger partial charge is 0.335 e. The number of aromatic carboxylic acids is 1. The molecule has 5 nitrogen and oxygen atoms in total. The first-order chi connectivity index (χ1) is 10.6. The van der Waals surface area contributed by atoms with E-state index in [0.717, 1.165) is 23.4 Å². The van der Waals surface area contributed by atoms with Gasteiger partial charge in [-0.05, 0) is 37.1 Å². The van der Waals surface area contributed by atoms with Crippen LogP contribution in [0.1, 0.15) is 35.6 Å². The first kappa shape index (κ1) is 16.6. The number of carbonyl (C=O) groups is 1. The Morgan fingerprint density at radius 3 is 2.45 bits per heavy atom. The normalized spacial score (nSPS) is 10.9. The van der Waals surface area contributed by atoms with E-state index in [1.54, 1.807) is 23.9 Å². The number of rotatable bonds is 7. The van der Waals surface area contributed by atoms with Crippen molar-refractivity contribution in [3.8, 4) is 0 Å². The van der Waals surface area contributed by atoms with Crippen molar-refractivity contribution >= 4 is 17.7 Å². The highest BCUT2D eigenvalue weighted by molar-refractivity contribution is 7.99. The third kappa shape index (κ3) is 3.51. The number of aromatic nitrogens is 2. The van der Waals surface area contributed by atoms with E-state index in [9.17, 15) is 4.79 Å². The Kier molecular flexibility index (Phi) is 5.63. The monoisotopic (exact) mass is 319 g/mol. The first-order valence-electron chi connectivity index (χ1n) is 7.40. The zero-order valence-corrected chi connectivity index (χ0v) is 13.7. The van der Waals surface area contributed by atoms with E-state index in [0.29, 0.717) is 18.7 Å². The second kappa shape index (κ2) is 7.47. The van der Waals surface area contributed by atoms with E-state index in [4.69, 9.17) is 10.8 Å². The molecule has 0 aliphatic rings. The number of nitrogens with zero attached hydrogens (tertiary/aromatic N) is 2. The molecule has 0 amide bonds. The molecular weight excluding hydrogens is 298 g/mol. The fourth-order valence-corrected chi connectivity index (χ4v) is 3.50. The molecule has 22 heavy (non-hydrogen) atoms. The van der Waals surface area contributed by atoms with Gasteiger partial charge < -0.3 is 10.8 Å². The minimum absolute atomic E-state index is 0.301. The van der Waals surface area contributed by atoms with Crippen molar-refractivity contribution in [1.82, 2.24) is 9.78 Å². The predicted molar refractivity (Wildman–Crippen MR) is 87.6 cm³/mol. The van der Waals surface area contributed by atoms with Crippen LogP contribution in [0.4, 0.5) is 0 Å². The highest BCUT2D eigenvalue weighted by Gasteiger charge is 2.16. The first-order valence-corrected chi connectivity index (χ1v) is 8.22. The molecule has 0 bridgehead atoms. The van der Waals surface area contributed by atoms with Gasteiger partial charge in [0.05, 0.1) is 28.4 Å². The molecule has 2 rings (SSSR count). The minimum Gasteiger partial charge on any atom is -0.478 e. The molecule has 0 atom stereocenters. The molecule has 118 valence electrons. The van der Waals surface area contributed by atoms with Gasteiger partial charge in [0.15, 0.2) is 0 Å². The molecule has 6 heteroatoms. The van der Waals surface area contributed by atoms with E-state index in [1.807, 2.05) is 16.8 Å². The number of hydrogen-bond acceptors (Lipinski definition) is 4. The molecule has 0 saturated carbocycles. The molecule has 0 radical (unpaired) electrons. The highest BCUT2D eigenvalue weighted by atomic mass is 32.2. The molecule has 0 fully saturated rings. The number of carboxylic acid groups (broad SMARTS) is 1. The maximum absolute atomic E-state index is 10.9. The highest BCUT2D eigenvalue weighted by Crippen LogP contribution is 2.34. The van der Waals surface area contributed by atoms with Crippen LogP contribution < -0.4 is 5.73 Å². The summed E-state index contributed by atoms with van der Waals surface area (Å²) >= 11 is 1.64. The van der Waals surface area contributed by atoms with Gasteiger partial charge in [-0.1, -0.05) is 25.6 Å². The van der Waals surface area contributed by atoms with Crippen molar-refractivity contribution in [1.29, 1.82) is 0 Å². The van der Waals surface area contributed by atoms with Crippen molar-refractivity contribution < 1.29 is 9.90 Å². The lowest BCUT2D eigenvalue weighted by Crippen LogP contribution is -2.13. The summed E-state index contributed by atoms with van der Waals surface area (Å²) in [4.78, 5) is 13.1. The zero-order chi connectivity index (χ0) is 16.1. The molecule has 1 aromatic heterocycles. The molecule has 0 unspecified atom stereocenters. The summed E-state index contributed by atoms with van der Waals surface area (Å²) in [6, 6.07) is 6.94. The molecule has 1 aromatic carbocycles. The number of benzene rings is 1. The quantitative estimate of drug-likeness (QED) is 0.820.